The van der Waals surface area contributed by atoms with Gasteiger partial charge in [-0.3, -0.25) is 9.59 Å². The topological polar surface area (TPSA) is 55.8 Å². The molecule has 0 spiro atoms. The fourth-order valence-corrected chi connectivity index (χ4v) is 2.72. The van der Waals surface area contributed by atoms with Gasteiger partial charge >= 0.3 is 0 Å². The highest BCUT2D eigenvalue weighted by Gasteiger charge is 2.22. The molecule has 0 aliphatic rings. The number of hydrogen-bond donors (Lipinski definition) is 0. The largest absolute Gasteiger partial charge is 0.494 e. The Bertz CT molecular complexity index is 917. The minimum atomic E-state index is -0.628. The van der Waals surface area contributed by atoms with Crippen molar-refractivity contribution in [1.82, 2.24) is 4.90 Å². The Labute approximate surface area is 171 Å². The lowest BCUT2D eigenvalue weighted by Crippen LogP contribution is -2.27. The van der Waals surface area contributed by atoms with E-state index in [2.05, 4.69) is 12.3 Å². The van der Waals surface area contributed by atoms with Crippen molar-refractivity contribution >= 4 is 18.0 Å². The number of nitrogens with zero attached hydrogens (tertiary/aromatic N) is 1. The molecule has 0 atom stereocenters. The van der Waals surface area contributed by atoms with Crippen molar-refractivity contribution in [3.05, 3.63) is 76.8 Å². The summed E-state index contributed by atoms with van der Waals surface area (Å²) in [5.74, 6) is -0.840. The number of rotatable bonds is 7. The van der Waals surface area contributed by atoms with Crippen LogP contribution in [-0.4, -0.2) is 38.4 Å². The quantitative estimate of drug-likeness (QED) is 0.384. The number of hydrogen-bond acceptors (Lipinski definition) is 4. The lowest BCUT2D eigenvalue weighted by Gasteiger charge is -2.21. The molecule has 0 N–H and O–H groups in total. The molecule has 1 amide bonds. The van der Waals surface area contributed by atoms with Crippen LogP contribution in [0.3, 0.4) is 0 Å². The molecule has 0 radical (unpaired) electrons. The predicted octanol–water partition coefficient (Wildman–Crippen LogP) is 4.72. The number of amides is 1. The van der Waals surface area contributed by atoms with Gasteiger partial charge in [0, 0.05) is 19.2 Å². The second-order valence-corrected chi connectivity index (χ2v) is 5.69. The Morgan fingerprint density at radius 3 is 2.41 bits per heavy atom. The highest BCUT2D eigenvalue weighted by molar-refractivity contribution is 6.01. The SMILES string of the molecule is C=C=C(OC)c1c(CN(C)C(=O)c2ccccc2C=O)ccc(OC)c1F.CC. The van der Waals surface area contributed by atoms with Crippen LogP contribution < -0.4 is 4.74 Å². The first kappa shape index (κ1) is 23.7. The van der Waals surface area contributed by atoms with Crippen LogP contribution in [0.25, 0.3) is 5.76 Å². The minimum absolute atomic E-state index is 0.0406. The summed E-state index contributed by atoms with van der Waals surface area (Å²) in [6.07, 6.45) is 0.628. The average Bonchev–Trinajstić information content (AvgIpc) is 2.77. The van der Waals surface area contributed by atoms with Crippen LogP contribution in [0.15, 0.2) is 48.7 Å². The second-order valence-electron chi connectivity index (χ2n) is 5.69. The number of benzene rings is 2. The summed E-state index contributed by atoms with van der Waals surface area (Å²) in [7, 11) is 4.31. The van der Waals surface area contributed by atoms with E-state index in [1.54, 1.807) is 37.4 Å². The molecule has 6 heteroatoms. The highest BCUT2D eigenvalue weighted by atomic mass is 19.1. The fourth-order valence-electron chi connectivity index (χ4n) is 2.72. The van der Waals surface area contributed by atoms with Crippen molar-refractivity contribution in [3.63, 3.8) is 0 Å². The monoisotopic (exact) mass is 399 g/mol. The van der Waals surface area contributed by atoms with E-state index < -0.39 is 5.82 Å². The second kappa shape index (κ2) is 11.5. The standard InChI is InChI=1S/C21H20FNO4.C2H6/c1-5-17(26-3)19-14(10-11-18(27-4)20(19)22)12-23(2)21(25)16-9-7-6-8-15(16)13-24;1-2/h6-11,13H,1,12H2,2-4H3;1-2H3. The van der Waals surface area contributed by atoms with Gasteiger partial charge in [0.1, 0.15) is 0 Å². The van der Waals surface area contributed by atoms with Gasteiger partial charge in [-0.25, -0.2) is 4.39 Å². The summed E-state index contributed by atoms with van der Waals surface area (Å²) in [4.78, 5) is 25.3. The first-order valence-electron chi connectivity index (χ1n) is 9.07. The van der Waals surface area contributed by atoms with Crippen molar-refractivity contribution in [1.29, 1.82) is 0 Å². The Kier molecular flexibility index (Phi) is 9.36. The Morgan fingerprint density at radius 1 is 1.21 bits per heavy atom. The van der Waals surface area contributed by atoms with E-state index in [-0.39, 0.29) is 35.1 Å². The van der Waals surface area contributed by atoms with Gasteiger partial charge in [0.25, 0.3) is 5.91 Å². The molecule has 5 nitrogen and oxygen atoms in total. The molecule has 0 saturated heterocycles. The molecule has 2 aromatic rings. The molecule has 0 aliphatic heterocycles. The first-order valence-corrected chi connectivity index (χ1v) is 9.07. The summed E-state index contributed by atoms with van der Waals surface area (Å²) in [6.45, 7) is 7.60. The Hall–Kier alpha value is -3.37. The maximum absolute atomic E-state index is 14.8. The van der Waals surface area contributed by atoms with E-state index in [0.29, 0.717) is 17.4 Å². The molecule has 2 aromatic carbocycles. The van der Waals surface area contributed by atoms with E-state index in [9.17, 15) is 14.0 Å². The number of carbonyl (C=O) groups is 2. The molecule has 0 fully saturated rings. The molecule has 0 saturated carbocycles. The number of aldehydes is 1. The number of halogens is 1. The van der Waals surface area contributed by atoms with E-state index >= 15 is 0 Å². The molecule has 0 unspecified atom stereocenters. The highest BCUT2D eigenvalue weighted by Crippen LogP contribution is 2.30. The molecule has 0 heterocycles. The van der Waals surface area contributed by atoms with Crippen molar-refractivity contribution in [2.75, 3.05) is 21.3 Å². The number of carbonyl (C=O) groups excluding carboxylic acids is 2. The third-order valence-electron chi connectivity index (χ3n) is 4.08. The number of ether oxygens (including phenoxy) is 2. The molecule has 0 aromatic heterocycles. The zero-order chi connectivity index (χ0) is 22.0. The average molecular weight is 399 g/mol. The summed E-state index contributed by atoms with van der Waals surface area (Å²) in [6, 6.07) is 9.61. The third-order valence-corrected chi connectivity index (χ3v) is 4.08. The van der Waals surface area contributed by atoms with E-state index in [4.69, 9.17) is 9.47 Å². The first-order chi connectivity index (χ1) is 14.0. The molecular weight excluding hydrogens is 373 g/mol. The fraction of sp³-hybridized carbons (Fsp3) is 0.261. The van der Waals surface area contributed by atoms with Gasteiger partial charge in [0.05, 0.1) is 25.3 Å². The summed E-state index contributed by atoms with van der Waals surface area (Å²) in [5.41, 5.74) is 3.72. The maximum Gasteiger partial charge on any atom is 0.254 e. The lowest BCUT2D eigenvalue weighted by atomic mass is 10.0. The van der Waals surface area contributed by atoms with E-state index in [1.807, 2.05) is 13.8 Å². The summed E-state index contributed by atoms with van der Waals surface area (Å²) >= 11 is 0. The van der Waals surface area contributed by atoms with Gasteiger partial charge in [-0.15, -0.1) is 0 Å². The van der Waals surface area contributed by atoms with Crippen molar-refractivity contribution in [2.24, 2.45) is 0 Å². The van der Waals surface area contributed by atoms with Crippen molar-refractivity contribution < 1.29 is 23.5 Å². The van der Waals surface area contributed by atoms with Crippen LogP contribution >= 0.6 is 0 Å². The van der Waals surface area contributed by atoms with Crippen LogP contribution in [-0.2, 0) is 11.3 Å². The van der Waals surface area contributed by atoms with Gasteiger partial charge in [-0.05, 0) is 17.7 Å². The van der Waals surface area contributed by atoms with Crippen molar-refractivity contribution in [2.45, 2.75) is 20.4 Å². The van der Waals surface area contributed by atoms with E-state index in [1.165, 1.54) is 25.2 Å². The Balaban J connectivity index is 0.00000204. The molecule has 0 aliphatic carbocycles. The molecular formula is C23H26FNO4. The third kappa shape index (κ3) is 5.33. The van der Waals surface area contributed by atoms with Gasteiger partial charge < -0.3 is 14.4 Å². The molecule has 29 heavy (non-hydrogen) atoms. The van der Waals surface area contributed by atoms with Crippen LogP contribution in [0.5, 0.6) is 5.75 Å². The Morgan fingerprint density at radius 2 is 1.86 bits per heavy atom. The van der Waals surface area contributed by atoms with Gasteiger partial charge in [0.2, 0.25) is 0 Å². The normalized spacial score (nSPS) is 9.45. The molecule has 0 bridgehead atoms. The van der Waals surface area contributed by atoms with Gasteiger partial charge in [0.15, 0.2) is 23.6 Å². The van der Waals surface area contributed by atoms with Crippen LogP contribution in [0.2, 0.25) is 0 Å². The van der Waals surface area contributed by atoms with Crippen LogP contribution in [0.1, 0.15) is 45.7 Å². The van der Waals surface area contributed by atoms with Crippen LogP contribution in [0, 0.1) is 5.82 Å². The zero-order valence-corrected chi connectivity index (χ0v) is 17.4. The molecule has 154 valence electrons. The molecule has 2 rings (SSSR count). The van der Waals surface area contributed by atoms with Gasteiger partial charge in [-0.1, -0.05) is 50.4 Å². The van der Waals surface area contributed by atoms with E-state index in [0.717, 1.165) is 0 Å². The smallest absolute Gasteiger partial charge is 0.254 e. The van der Waals surface area contributed by atoms with Gasteiger partial charge in [-0.2, -0.15) is 0 Å². The number of methoxy groups -OCH3 is 2. The predicted molar refractivity (Wildman–Crippen MR) is 111 cm³/mol. The summed E-state index contributed by atoms with van der Waals surface area (Å²) in [5, 5.41) is 0. The lowest BCUT2D eigenvalue weighted by molar-refractivity contribution is 0.0781. The minimum Gasteiger partial charge on any atom is -0.494 e. The van der Waals surface area contributed by atoms with Crippen LogP contribution in [0.4, 0.5) is 4.39 Å². The zero-order valence-electron chi connectivity index (χ0n) is 17.4. The van der Waals surface area contributed by atoms with Crippen molar-refractivity contribution in [3.8, 4) is 5.75 Å². The maximum atomic E-state index is 14.8. The summed E-state index contributed by atoms with van der Waals surface area (Å²) < 4.78 is 25.0.